The van der Waals surface area contributed by atoms with Crippen molar-refractivity contribution in [3.8, 4) is 73.4 Å². The van der Waals surface area contributed by atoms with E-state index >= 15 is 0 Å². The van der Waals surface area contributed by atoms with Crippen molar-refractivity contribution in [3.05, 3.63) is 200 Å². The summed E-state index contributed by atoms with van der Waals surface area (Å²) < 4.78 is 2.10. The van der Waals surface area contributed by atoms with Gasteiger partial charge in [0.25, 0.3) is 0 Å². The molecular weight excluding hydrogens is 671 g/mol. The molecule has 0 amide bonds. The van der Waals surface area contributed by atoms with E-state index in [0.29, 0.717) is 17.5 Å². The van der Waals surface area contributed by atoms with Crippen molar-refractivity contribution in [2.75, 3.05) is 0 Å². The predicted octanol–water partition coefficient (Wildman–Crippen LogP) is 12.4. The van der Waals surface area contributed by atoms with E-state index in [1.807, 2.05) is 36.4 Å². The fourth-order valence-electron chi connectivity index (χ4n) is 7.53. The summed E-state index contributed by atoms with van der Waals surface area (Å²) in [7, 11) is 0. The molecule has 5 nitrogen and oxygen atoms in total. The zero-order valence-electron chi connectivity index (χ0n) is 29.8. The van der Waals surface area contributed by atoms with E-state index < -0.39 is 0 Å². The molecule has 0 atom stereocenters. The molecule has 55 heavy (non-hydrogen) atoms. The summed E-state index contributed by atoms with van der Waals surface area (Å²) in [4.78, 5) is 15.8. The van der Waals surface area contributed by atoms with Crippen molar-refractivity contribution in [2.24, 2.45) is 0 Å². The van der Waals surface area contributed by atoms with Crippen LogP contribution in [-0.4, -0.2) is 24.7 Å². The van der Waals surface area contributed by atoms with Crippen molar-refractivity contribution in [1.29, 1.82) is 0 Å². The second kappa shape index (κ2) is 13.8. The Bertz CT molecular complexity index is 2930. The molecule has 5 heteroatoms. The number of rotatable bonds is 7. The van der Waals surface area contributed by atoms with E-state index in [-0.39, 0.29) is 0 Å². The molecule has 2 heterocycles. The van der Waals surface area contributed by atoms with Gasteiger partial charge in [0, 0.05) is 38.6 Å². The van der Waals surface area contributed by atoms with Gasteiger partial charge in [-0.1, -0.05) is 188 Å². The summed E-state index contributed by atoms with van der Waals surface area (Å²) in [6, 6.07) is 69.0. The molecule has 0 saturated carbocycles. The van der Waals surface area contributed by atoms with E-state index in [0.717, 1.165) is 77.6 Å². The van der Waals surface area contributed by atoms with Gasteiger partial charge in [-0.15, -0.1) is 0 Å². The largest absolute Gasteiger partial charge is 0.232 e. The van der Waals surface area contributed by atoms with Crippen LogP contribution in [0.25, 0.3) is 95.0 Å². The highest BCUT2D eigenvalue weighted by atomic mass is 15.3. The van der Waals surface area contributed by atoms with Crippen LogP contribution in [0.2, 0.25) is 0 Å². The van der Waals surface area contributed by atoms with Crippen LogP contribution < -0.4 is 0 Å². The fraction of sp³-hybridized carbons (Fsp3) is 0. The minimum Gasteiger partial charge on any atom is -0.232 e. The Balaban J connectivity index is 1.33. The molecule has 0 bridgehead atoms. The lowest BCUT2D eigenvalue weighted by Gasteiger charge is -2.18. The third kappa shape index (κ3) is 5.85. The highest BCUT2D eigenvalue weighted by Gasteiger charge is 2.27. The number of benzene rings is 8. The van der Waals surface area contributed by atoms with Crippen LogP contribution in [0.1, 0.15) is 0 Å². The maximum absolute atomic E-state index is 5.43. The van der Waals surface area contributed by atoms with Crippen LogP contribution in [0.15, 0.2) is 200 Å². The van der Waals surface area contributed by atoms with Gasteiger partial charge in [0.2, 0.25) is 0 Å². The molecule has 0 aliphatic carbocycles. The second-order valence-electron chi connectivity index (χ2n) is 13.5. The molecule has 0 saturated heterocycles. The normalized spacial score (nSPS) is 11.3. The first kappa shape index (κ1) is 32.2. The number of hydrogen-bond acceptors (Lipinski definition) is 4. The lowest BCUT2D eigenvalue weighted by Crippen LogP contribution is -2.03. The summed E-state index contributed by atoms with van der Waals surface area (Å²) in [5.74, 6) is 1.81. The number of aromatic nitrogens is 5. The number of fused-ring (bicyclic) bond motifs is 3. The summed E-state index contributed by atoms with van der Waals surface area (Å²) >= 11 is 0. The molecular formula is C50H33N5. The lowest BCUT2D eigenvalue weighted by atomic mass is 9.88. The fourth-order valence-corrected chi connectivity index (χ4v) is 7.53. The average Bonchev–Trinajstić information content (AvgIpc) is 3.68. The van der Waals surface area contributed by atoms with E-state index in [9.17, 15) is 0 Å². The van der Waals surface area contributed by atoms with Crippen LogP contribution in [0.3, 0.4) is 0 Å². The zero-order chi connectivity index (χ0) is 36.6. The molecule has 0 radical (unpaired) electrons. The minimum absolute atomic E-state index is 0.597. The van der Waals surface area contributed by atoms with E-state index in [1.165, 1.54) is 0 Å². The second-order valence-corrected chi connectivity index (χ2v) is 13.5. The number of para-hydroxylation sites is 1. The molecule has 0 unspecified atom stereocenters. The highest BCUT2D eigenvalue weighted by molar-refractivity contribution is 6.23. The summed E-state index contributed by atoms with van der Waals surface area (Å²) in [5, 5.41) is 8.55. The summed E-state index contributed by atoms with van der Waals surface area (Å²) in [6.45, 7) is 0. The van der Waals surface area contributed by atoms with Crippen molar-refractivity contribution in [2.45, 2.75) is 0 Å². The summed E-state index contributed by atoms with van der Waals surface area (Å²) in [6.07, 6.45) is 0. The molecule has 2 aromatic heterocycles. The van der Waals surface area contributed by atoms with E-state index in [1.54, 1.807) is 0 Å². The maximum atomic E-state index is 5.43. The van der Waals surface area contributed by atoms with Gasteiger partial charge in [-0.3, -0.25) is 0 Å². The van der Waals surface area contributed by atoms with Crippen LogP contribution in [-0.2, 0) is 0 Å². The van der Waals surface area contributed by atoms with Crippen molar-refractivity contribution in [1.82, 2.24) is 24.7 Å². The van der Waals surface area contributed by atoms with Crippen molar-refractivity contribution < 1.29 is 0 Å². The Hall–Kier alpha value is -7.50. The Morgan fingerprint density at radius 1 is 0.309 bits per heavy atom. The molecule has 8 aromatic carbocycles. The third-order valence-electron chi connectivity index (χ3n) is 10.1. The lowest BCUT2D eigenvalue weighted by molar-refractivity contribution is 0.918. The van der Waals surface area contributed by atoms with Gasteiger partial charge in [0.15, 0.2) is 17.5 Å². The van der Waals surface area contributed by atoms with Gasteiger partial charge < -0.3 is 0 Å². The molecule has 0 aliphatic heterocycles. The smallest absolute Gasteiger partial charge is 0.165 e. The molecule has 258 valence electrons. The first-order valence-corrected chi connectivity index (χ1v) is 18.4. The van der Waals surface area contributed by atoms with Gasteiger partial charge in [0.05, 0.1) is 11.2 Å². The zero-order valence-corrected chi connectivity index (χ0v) is 29.8. The average molecular weight is 704 g/mol. The van der Waals surface area contributed by atoms with E-state index in [2.05, 4.69) is 168 Å². The number of nitrogens with zero attached hydrogens (tertiary/aromatic N) is 5. The Morgan fingerprint density at radius 3 is 1.33 bits per heavy atom. The first-order chi connectivity index (χ1) is 27.3. The Kier molecular flexibility index (Phi) is 8.08. The molecule has 0 N–H and O–H groups in total. The third-order valence-corrected chi connectivity index (χ3v) is 10.1. The monoisotopic (exact) mass is 703 g/mol. The molecule has 10 rings (SSSR count). The van der Waals surface area contributed by atoms with Gasteiger partial charge >= 0.3 is 0 Å². The minimum atomic E-state index is 0.597. The Morgan fingerprint density at radius 2 is 0.727 bits per heavy atom. The quantitative estimate of drug-likeness (QED) is 0.166. The van der Waals surface area contributed by atoms with Crippen molar-refractivity contribution >= 4 is 21.7 Å². The molecule has 0 fully saturated rings. The van der Waals surface area contributed by atoms with Crippen molar-refractivity contribution in [3.63, 3.8) is 0 Å². The van der Waals surface area contributed by atoms with E-state index in [4.69, 9.17) is 20.1 Å². The molecule has 10 aromatic rings. The van der Waals surface area contributed by atoms with Crippen LogP contribution in [0.5, 0.6) is 0 Å². The van der Waals surface area contributed by atoms with Gasteiger partial charge in [-0.05, 0) is 34.2 Å². The number of hydrogen-bond donors (Lipinski definition) is 0. The standard InChI is InChI=1S/C50H33N5/c1-6-18-34(19-7-1)35-30-32-39(33-31-35)49-51-48(38-24-12-4-13-25-38)52-50(53-49)44-41-28-16-17-29-42(41)47-45(43(44)36-20-8-2-9-21-36)46(37-22-10-3-11-23-37)54-55(47)40-26-14-5-15-27-40/h1-33H. The van der Waals surface area contributed by atoms with Gasteiger partial charge in [-0.25, -0.2) is 19.6 Å². The first-order valence-electron chi connectivity index (χ1n) is 18.4. The SMILES string of the molecule is c1ccc(-c2ccc(-c3nc(-c4ccccc4)nc(-c4c(-c5ccccc5)c5c(-c6ccccc6)nn(-c6ccccc6)c5c5ccccc45)n3)cc2)cc1. The Labute approximate surface area is 318 Å². The van der Waals surface area contributed by atoms with Crippen LogP contribution >= 0.6 is 0 Å². The van der Waals surface area contributed by atoms with Crippen LogP contribution in [0, 0.1) is 0 Å². The summed E-state index contributed by atoms with van der Waals surface area (Å²) in [5.41, 5.74) is 11.1. The topological polar surface area (TPSA) is 56.5 Å². The van der Waals surface area contributed by atoms with Crippen LogP contribution in [0.4, 0.5) is 0 Å². The highest BCUT2D eigenvalue weighted by Crippen LogP contribution is 2.48. The van der Waals surface area contributed by atoms with Gasteiger partial charge in [-0.2, -0.15) is 5.10 Å². The maximum Gasteiger partial charge on any atom is 0.165 e. The van der Waals surface area contributed by atoms with Gasteiger partial charge in [0.1, 0.15) is 5.69 Å². The molecule has 0 aliphatic rings. The molecule has 0 spiro atoms. The predicted molar refractivity (Wildman–Crippen MR) is 225 cm³/mol.